The molecule has 20 heavy (non-hydrogen) atoms. The standard InChI is InChI=1S/C15H21NO3S/c1-11(2)13(10-19-3)16-15(18)14-12(7-9-20-14)6-4-5-8-17/h7,9,11,13,17H,5,8,10H2,1-3H3,(H,16,18). The zero-order chi connectivity index (χ0) is 15.0. The zero-order valence-electron chi connectivity index (χ0n) is 12.1. The Morgan fingerprint density at radius 2 is 2.30 bits per heavy atom. The smallest absolute Gasteiger partial charge is 0.262 e. The number of carbonyl (C=O) groups is 1. The van der Waals surface area contributed by atoms with Crippen LogP contribution in [0.4, 0.5) is 0 Å². The summed E-state index contributed by atoms with van der Waals surface area (Å²) >= 11 is 1.37. The van der Waals surface area contributed by atoms with Gasteiger partial charge in [-0.3, -0.25) is 4.79 Å². The van der Waals surface area contributed by atoms with Crippen molar-refractivity contribution in [1.29, 1.82) is 0 Å². The topological polar surface area (TPSA) is 58.6 Å². The molecule has 1 aromatic rings. The van der Waals surface area contributed by atoms with Gasteiger partial charge in [-0.15, -0.1) is 11.3 Å². The van der Waals surface area contributed by atoms with Crippen LogP contribution in [0.3, 0.4) is 0 Å². The number of hydrogen-bond acceptors (Lipinski definition) is 4. The maximum Gasteiger partial charge on any atom is 0.262 e. The van der Waals surface area contributed by atoms with Crippen LogP contribution in [0.5, 0.6) is 0 Å². The fraction of sp³-hybridized carbons (Fsp3) is 0.533. The quantitative estimate of drug-likeness (QED) is 0.788. The van der Waals surface area contributed by atoms with E-state index >= 15 is 0 Å². The van der Waals surface area contributed by atoms with Crippen LogP contribution in [-0.2, 0) is 4.74 Å². The van der Waals surface area contributed by atoms with Crippen molar-refractivity contribution < 1.29 is 14.6 Å². The molecule has 0 aliphatic rings. The van der Waals surface area contributed by atoms with Gasteiger partial charge >= 0.3 is 0 Å². The number of thiophene rings is 1. The molecule has 1 aromatic heterocycles. The zero-order valence-corrected chi connectivity index (χ0v) is 12.9. The van der Waals surface area contributed by atoms with Crippen molar-refractivity contribution in [1.82, 2.24) is 5.32 Å². The molecule has 0 saturated heterocycles. The normalized spacial score (nSPS) is 11.8. The number of carbonyl (C=O) groups excluding carboxylic acids is 1. The SMILES string of the molecule is COCC(NC(=O)c1sccc1C#CCCO)C(C)C. The third kappa shape index (κ3) is 4.97. The molecule has 0 spiro atoms. The Balaban J connectivity index is 2.77. The first kappa shape index (κ1) is 16.7. The molecule has 0 aliphatic heterocycles. The summed E-state index contributed by atoms with van der Waals surface area (Å²) in [5, 5.41) is 13.5. The highest BCUT2D eigenvalue weighted by Crippen LogP contribution is 2.16. The number of hydrogen-bond donors (Lipinski definition) is 2. The van der Waals surface area contributed by atoms with Crippen molar-refractivity contribution in [3.63, 3.8) is 0 Å². The van der Waals surface area contributed by atoms with Crippen LogP contribution in [0.25, 0.3) is 0 Å². The van der Waals surface area contributed by atoms with E-state index in [0.717, 1.165) is 0 Å². The van der Waals surface area contributed by atoms with E-state index in [1.54, 1.807) is 7.11 Å². The van der Waals surface area contributed by atoms with Gasteiger partial charge < -0.3 is 15.2 Å². The highest BCUT2D eigenvalue weighted by atomic mass is 32.1. The van der Waals surface area contributed by atoms with Crippen molar-refractivity contribution in [2.45, 2.75) is 26.3 Å². The average molecular weight is 295 g/mol. The average Bonchev–Trinajstić information content (AvgIpc) is 2.87. The second kappa shape index (κ2) is 8.75. The van der Waals surface area contributed by atoms with Gasteiger partial charge in [0, 0.05) is 19.1 Å². The lowest BCUT2D eigenvalue weighted by Crippen LogP contribution is -2.41. The molecule has 4 nitrogen and oxygen atoms in total. The van der Waals surface area contributed by atoms with Crippen LogP contribution in [0.1, 0.15) is 35.5 Å². The molecule has 0 aliphatic carbocycles. The lowest BCUT2D eigenvalue weighted by atomic mass is 10.1. The van der Waals surface area contributed by atoms with Gasteiger partial charge in [-0.1, -0.05) is 25.7 Å². The molecule has 2 N–H and O–H groups in total. The second-order valence-electron chi connectivity index (χ2n) is 4.72. The van der Waals surface area contributed by atoms with E-state index in [1.165, 1.54) is 11.3 Å². The Kier molecular flexibility index (Phi) is 7.31. The van der Waals surface area contributed by atoms with Crippen LogP contribution in [0.15, 0.2) is 11.4 Å². The predicted octanol–water partition coefficient (Wildman–Crippen LogP) is 1.88. The van der Waals surface area contributed by atoms with E-state index in [0.29, 0.717) is 29.4 Å². The van der Waals surface area contributed by atoms with Gasteiger partial charge in [0.15, 0.2) is 0 Å². The summed E-state index contributed by atoms with van der Waals surface area (Å²) < 4.78 is 5.13. The molecule has 0 radical (unpaired) electrons. The number of aliphatic hydroxyl groups excluding tert-OH is 1. The summed E-state index contributed by atoms with van der Waals surface area (Å²) in [7, 11) is 1.62. The summed E-state index contributed by atoms with van der Waals surface area (Å²) in [6, 6.07) is 1.80. The van der Waals surface area contributed by atoms with Crippen molar-refractivity contribution in [2.24, 2.45) is 5.92 Å². The Morgan fingerprint density at radius 3 is 2.90 bits per heavy atom. The fourth-order valence-corrected chi connectivity index (χ4v) is 2.36. The molecule has 0 aromatic carbocycles. The first-order valence-corrected chi connectivity index (χ1v) is 7.45. The van der Waals surface area contributed by atoms with E-state index in [1.807, 2.05) is 25.3 Å². The minimum Gasteiger partial charge on any atom is -0.395 e. The molecule has 5 heteroatoms. The Bertz CT molecular complexity index is 485. The van der Waals surface area contributed by atoms with Crippen LogP contribution < -0.4 is 5.32 Å². The summed E-state index contributed by atoms with van der Waals surface area (Å²) in [5.74, 6) is 5.93. The third-order valence-corrected chi connectivity index (χ3v) is 3.71. The van der Waals surface area contributed by atoms with Crippen molar-refractivity contribution in [3.8, 4) is 11.8 Å². The number of methoxy groups -OCH3 is 1. The number of rotatable bonds is 6. The molecule has 0 fully saturated rings. The maximum atomic E-state index is 12.3. The molecule has 1 atom stereocenters. The fourth-order valence-electron chi connectivity index (χ4n) is 1.61. The van der Waals surface area contributed by atoms with Gasteiger partial charge in [-0.05, 0) is 17.4 Å². The molecule has 1 heterocycles. The van der Waals surface area contributed by atoms with E-state index in [9.17, 15) is 4.79 Å². The molecule has 1 amide bonds. The summed E-state index contributed by atoms with van der Waals surface area (Å²) in [6.07, 6.45) is 0.412. The molecule has 0 saturated carbocycles. The van der Waals surface area contributed by atoms with E-state index in [-0.39, 0.29) is 18.6 Å². The summed E-state index contributed by atoms with van der Waals surface area (Å²) in [5.41, 5.74) is 0.709. The summed E-state index contributed by atoms with van der Waals surface area (Å²) in [4.78, 5) is 12.9. The van der Waals surface area contributed by atoms with E-state index in [2.05, 4.69) is 17.2 Å². The lowest BCUT2D eigenvalue weighted by Gasteiger charge is -2.21. The molecule has 0 bridgehead atoms. The number of amides is 1. The van der Waals surface area contributed by atoms with Crippen LogP contribution >= 0.6 is 11.3 Å². The summed E-state index contributed by atoms with van der Waals surface area (Å²) in [6.45, 7) is 4.60. The highest BCUT2D eigenvalue weighted by molar-refractivity contribution is 7.12. The Hall–Kier alpha value is -1.35. The van der Waals surface area contributed by atoms with E-state index in [4.69, 9.17) is 9.84 Å². The molecule has 1 rings (SSSR count). The number of aliphatic hydroxyl groups is 1. The minimum absolute atomic E-state index is 0.0205. The van der Waals surface area contributed by atoms with Gasteiger partial charge in [-0.25, -0.2) is 0 Å². The molecule has 110 valence electrons. The van der Waals surface area contributed by atoms with E-state index < -0.39 is 0 Å². The van der Waals surface area contributed by atoms with Gasteiger partial charge in [-0.2, -0.15) is 0 Å². The predicted molar refractivity (Wildman–Crippen MR) is 80.9 cm³/mol. The van der Waals surface area contributed by atoms with Crippen LogP contribution in [0, 0.1) is 17.8 Å². The van der Waals surface area contributed by atoms with Crippen molar-refractivity contribution in [3.05, 3.63) is 21.9 Å². The second-order valence-corrected chi connectivity index (χ2v) is 5.63. The number of nitrogens with one attached hydrogen (secondary N) is 1. The molecular weight excluding hydrogens is 274 g/mol. The van der Waals surface area contributed by atoms with Gasteiger partial charge in [0.1, 0.15) is 4.88 Å². The minimum atomic E-state index is -0.121. The van der Waals surface area contributed by atoms with Gasteiger partial charge in [0.05, 0.1) is 19.3 Å². The van der Waals surface area contributed by atoms with Crippen molar-refractivity contribution in [2.75, 3.05) is 20.3 Å². The monoisotopic (exact) mass is 295 g/mol. The third-order valence-electron chi connectivity index (χ3n) is 2.80. The van der Waals surface area contributed by atoms with Crippen molar-refractivity contribution >= 4 is 17.2 Å². The Labute approximate surface area is 124 Å². The molecular formula is C15H21NO3S. The largest absolute Gasteiger partial charge is 0.395 e. The van der Waals surface area contributed by atoms with Gasteiger partial charge in [0.25, 0.3) is 5.91 Å². The highest BCUT2D eigenvalue weighted by Gasteiger charge is 2.19. The maximum absolute atomic E-state index is 12.3. The number of ether oxygens (including phenoxy) is 1. The lowest BCUT2D eigenvalue weighted by molar-refractivity contribution is 0.0870. The first-order chi connectivity index (χ1) is 9.60. The van der Waals surface area contributed by atoms with Gasteiger partial charge in [0.2, 0.25) is 0 Å². The Morgan fingerprint density at radius 1 is 1.55 bits per heavy atom. The molecule has 1 unspecified atom stereocenters. The van der Waals surface area contributed by atoms with Crippen LogP contribution in [0.2, 0.25) is 0 Å². The van der Waals surface area contributed by atoms with Crippen LogP contribution in [-0.4, -0.2) is 37.4 Å². The first-order valence-electron chi connectivity index (χ1n) is 6.57.